The van der Waals surface area contributed by atoms with Gasteiger partial charge in [-0.1, -0.05) is 12.5 Å². The molecule has 1 heterocycles. The quantitative estimate of drug-likeness (QED) is 0.910. The Labute approximate surface area is 124 Å². The highest BCUT2D eigenvalue weighted by Gasteiger charge is 2.32. The molecular weight excluding hydrogens is 262 g/mol. The number of pyridine rings is 1. The summed E-state index contributed by atoms with van der Waals surface area (Å²) >= 11 is 0. The second kappa shape index (κ2) is 5.82. The lowest BCUT2D eigenvalue weighted by molar-refractivity contribution is -0.120. The van der Waals surface area contributed by atoms with E-state index in [1.165, 1.54) is 0 Å². The molecule has 1 aliphatic carbocycles. The Morgan fingerprint density at radius 2 is 2.24 bits per heavy atom. The zero-order valence-electron chi connectivity index (χ0n) is 12.3. The first kappa shape index (κ1) is 14.0. The largest absolute Gasteiger partial charge is 0.330 e. The summed E-state index contributed by atoms with van der Waals surface area (Å²) in [4.78, 5) is 16.9. The monoisotopic (exact) mass is 283 g/mol. The lowest BCUT2D eigenvalue weighted by atomic mass is 9.95. The third-order valence-corrected chi connectivity index (χ3v) is 4.53. The molecule has 0 unspecified atom stereocenters. The van der Waals surface area contributed by atoms with Crippen LogP contribution in [0.25, 0.3) is 10.9 Å². The first-order valence-corrected chi connectivity index (χ1v) is 7.56. The third kappa shape index (κ3) is 2.63. The number of anilines is 1. The van der Waals surface area contributed by atoms with Crippen LogP contribution in [0.3, 0.4) is 0 Å². The summed E-state index contributed by atoms with van der Waals surface area (Å²) in [7, 11) is 0. The van der Waals surface area contributed by atoms with Crippen molar-refractivity contribution < 1.29 is 4.79 Å². The van der Waals surface area contributed by atoms with Crippen LogP contribution in [0.1, 0.15) is 24.8 Å². The van der Waals surface area contributed by atoms with Crippen LogP contribution in [-0.4, -0.2) is 17.4 Å². The molecular formula is C17H21N3O. The van der Waals surface area contributed by atoms with E-state index in [0.29, 0.717) is 12.5 Å². The van der Waals surface area contributed by atoms with E-state index < -0.39 is 0 Å². The average molecular weight is 283 g/mol. The van der Waals surface area contributed by atoms with Gasteiger partial charge in [0.1, 0.15) is 0 Å². The molecule has 2 aromatic rings. The first-order valence-electron chi connectivity index (χ1n) is 7.56. The Hall–Kier alpha value is -1.94. The number of aryl methyl sites for hydroxylation is 1. The number of amides is 1. The summed E-state index contributed by atoms with van der Waals surface area (Å²) in [5.41, 5.74) is 8.68. The van der Waals surface area contributed by atoms with Crippen LogP contribution < -0.4 is 11.1 Å². The highest BCUT2D eigenvalue weighted by atomic mass is 16.1. The number of fused-ring (bicyclic) bond motifs is 1. The number of aromatic nitrogens is 1. The second-order valence-electron chi connectivity index (χ2n) is 5.85. The number of benzene rings is 1. The number of carbonyl (C=O) groups is 1. The van der Waals surface area contributed by atoms with Crippen LogP contribution in [0.4, 0.5) is 5.69 Å². The normalized spacial score (nSPS) is 21.6. The van der Waals surface area contributed by atoms with Crippen LogP contribution in [0, 0.1) is 18.8 Å². The van der Waals surface area contributed by atoms with Crippen LogP contribution >= 0.6 is 0 Å². The highest BCUT2D eigenvalue weighted by Crippen LogP contribution is 2.33. The number of nitrogens with one attached hydrogen (secondary N) is 1. The fourth-order valence-electron chi connectivity index (χ4n) is 3.31. The molecule has 1 aliphatic rings. The van der Waals surface area contributed by atoms with Crippen LogP contribution in [-0.2, 0) is 4.79 Å². The highest BCUT2D eigenvalue weighted by molar-refractivity contribution is 6.02. The fraction of sp³-hybridized carbons (Fsp3) is 0.412. The summed E-state index contributed by atoms with van der Waals surface area (Å²) < 4.78 is 0. The molecule has 3 rings (SSSR count). The molecule has 0 aliphatic heterocycles. The summed E-state index contributed by atoms with van der Waals surface area (Å²) in [6.45, 7) is 2.62. The van der Waals surface area contributed by atoms with Crippen molar-refractivity contribution >= 4 is 22.5 Å². The Morgan fingerprint density at radius 1 is 1.38 bits per heavy atom. The number of hydrogen-bond acceptors (Lipinski definition) is 3. The molecule has 1 aromatic heterocycles. The van der Waals surface area contributed by atoms with Crippen molar-refractivity contribution in [3.8, 4) is 0 Å². The van der Waals surface area contributed by atoms with E-state index in [1.54, 1.807) is 6.20 Å². The number of nitrogens with zero attached hydrogens (tertiary/aromatic N) is 1. The standard InChI is InChI=1S/C17H21N3O/c1-11-7-8-15(14-6-3-9-19-16(11)14)20-17(21)13-5-2-4-12(13)10-18/h3,6-9,12-13H,2,4-5,10,18H2,1H3,(H,20,21)/t12-,13-/m1/s1. The van der Waals surface area contributed by atoms with Crippen LogP contribution in [0.2, 0.25) is 0 Å². The van der Waals surface area contributed by atoms with Gasteiger partial charge in [-0.2, -0.15) is 0 Å². The minimum Gasteiger partial charge on any atom is -0.330 e. The van der Waals surface area contributed by atoms with E-state index in [9.17, 15) is 4.79 Å². The van der Waals surface area contributed by atoms with E-state index >= 15 is 0 Å². The van der Waals surface area contributed by atoms with E-state index in [1.807, 2.05) is 31.2 Å². The van der Waals surface area contributed by atoms with Crippen molar-refractivity contribution in [3.63, 3.8) is 0 Å². The van der Waals surface area contributed by atoms with Crippen molar-refractivity contribution in [1.29, 1.82) is 0 Å². The molecule has 0 saturated heterocycles. The smallest absolute Gasteiger partial charge is 0.227 e. The lowest BCUT2D eigenvalue weighted by Crippen LogP contribution is -2.29. The summed E-state index contributed by atoms with van der Waals surface area (Å²) in [5.74, 6) is 0.458. The molecule has 0 bridgehead atoms. The fourth-order valence-corrected chi connectivity index (χ4v) is 3.31. The van der Waals surface area contributed by atoms with E-state index in [4.69, 9.17) is 5.73 Å². The van der Waals surface area contributed by atoms with Gasteiger partial charge in [0, 0.05) is 17.5 Å². The van der Waals surface area contributed by atoms with Crippen LogP contribution in [0.15, 0.2) is 30.5 Å². The van der Waals surface area contributed by atoms with Crippen molar-refractivity contribution in [1.82, 2.24) is 4.98 Å². The van der Waals surface area contributed by atoms with Crippen molar-refractivity contribution in [2.45, 2.75) is 26.2 Å². The molecule has 3 N–H and O–H groups in total. The maximum absolute atomic E-state index is 12.5. The van der Waals surface area contributed by atoms with Gasteiger partial charge >= 0.3 is 0 Å². The molecule has 21 heavy (non-hydrogen) atoms. The van der Waals surface area contributed by atoms with Gasteiger partial charge < -0.3 is 11.1 Å². The van der Waals surface area contributed by atoms with Gasteiger partial charge in [-0.15, -0.1) is 0 Å². The Morgan fingerprint density at radius 3 is 3.05 bits per heavy atom. The third-order valence-electron chi connectivity index (χ3n) is 4.53. The maximum Gasteiger partial charge on any atom is 0.227 e. The zero-order valence-corrected chi connectivity index (χ0v) is 12.3. The molecule has 2 atom stereocenters. The second-order valence-corrected chi connectivity index (χ2v) is 5.85. The SMILES string of the molecule is Cc1ccc(NC(=O)[C@@H]2CCC[C@@H]2CN)c2cccnc12. The minimum absolute atomic E-state index is 0.0445. The average Bonchev–Trinajstić information content (AvgIpc) is 2.99. The summed E-state index contributed by atoms with van der Waals surface area (Å²) in [5, 5.41) is 4.08. The molecule has 4 heteroatoms. The van der Waals surface area contributed by atoms with Gasteiger partial charge in [-0.25, -0.2) is 0 Å². The predicted molar refractivity (Wildman–Crippen MR) is 85.0 cm³/mol. The van der Waals surface area contributed by atoms with Crippen molar-refractivity contribution in [2.75, 3.05) is 11.9 Å². The summed E-state index contributed by atoms with van der Waals surface area (Å²) in [6.07, 6.45) is 4.87. The Kier molecular flexibility index (Phi) is 3.88. The molecule has 1 saturated carbocycles. The topological polar surface area (TPSA) is 68.0 Å². The van der Waals surface area contributed by atoms with E-state index in [2.05, 4.69) is 10.3 Å². The van der Waals surface area contributed by atoms with Gasteiger partial charge in [0.15, 0.2) is 0 Å². The van der Waals surface area contributed by atoms with E-state index in [0.717, 1.165) is 41.4 Å². The molecule has 4 nitrogen and oxygen atoms in total. The number of carbonyl (C=O) groups excluding carboxylic acids is 1. The van der Waals surface area contributed by atoms with E-state index in [-0.39, 0.29) is 11.8 Å². The molecule has 0 radical (unpaired) electrons. The minimum atomic E-state index is 0.0445. The van der Waals surface area contributed by atoms with Gasteiger partial charge in [0.05, 0.1) is 11.2 Å². The zero-order chi connectivity index (χ0) is 14.8. The van der Waals surface area contributed by atoms with Crippen molar-refractivity contribution in [2.24, 2.45) is 17.6 Å². The molecule has 1 amide bonds. The number of hydrogen-bond donors (Lipinski definition) is 2. The van der Waals surface area contributed by atoms with Crippen molar-refractivity contribution in [3.05, 3.63) is 36.0 Å². The van der Waals surface area contributed by atoms with Gasteiger partial charge in [-0.3, -0.25) is 9.78 Å². The number of nitrogens with two attached hydrogens (primary N) is 1. The number of rotatable bonds is 3. The molecule has 1 aromatic carbocycles. The Balaban J connectivity index is 1.88. The predicted octanol–water partition coefficient (Wildman–Crippen LogP) is 2.86. The maximum atomic E-state index is 12.5. The molecule has 1 fully saturated rings. The Bertz CT molecular complexity index is 668. The molecule has 0 spiro atoms. The van der Waals surface area contributed by atoms with Crippen LogP contribution in [0.5, 0.6) is 0 Å². The lowest BCUT2D eigenvalue weighted by Gasteiger charge is -2.18. The van der Waals surface area contributed by atoms with Gasteiger partial charge in [0.2, 0.25) is 5.91 Å². The first-order chi connectivity index (χ1) is 10.2. The van der Waals surface area contributed by atoms with Gasteiger partial charge in [0.25, 0.3) is 0 Å². The summed E-state index contributed by atoms with van der Waals surface area (Å²) in [6, 6.07) is 7.86. The molecule has 110 valence electrons. The van der Waals surface area contributed by atoms with Gasteiger partial charge in [-0.05, 0) is 56.0 Å².